The Morgan fingerprint density at radius 3 is 2.27 bits per heavy atom. The molecule has 4 aliphatic carbocycles. The van der Waals surface area contributed by atoms with Gasteiger partial charge in [-0.15, -0.1) is 11.3 Å². The number of hydrogen-bond donors (Lipinski definition) is 3. The number of fused-ring (bicyclic) bond motifs is 1. The third-order valence-corrected chi connectivity index (χ3v) is 12.5. The van der Waals surface area contributed by atoms with Crippen LogP contribution < -0.4 is 10.6 Å². The minimum Gasteiger partial charge on any atom is -0.392 e. The van der Waals surface area contributed by atoms with Gasteiger partial charge in [-0.1, -0.05) is 60.3 Å². The fourth-order valence-electron chi connectivity index (χ4n) is 8.49. The Morgan fingerprint density at radius 1 is 0.889 bits per heavy atom. The summed E-state index contributed by atoms with van der Waals surface area (Å²) in [5.41, 5.74) is 4.61. The molecule has 234 valence electrons. The van der Waals surface area contributed by atoms with Crippen molar-refractivity contribution in [3.05, 3.63) is 89.5 Å². The number of aliphatic hydroxyl groups is 1. The van der Waals surface area contributed by atoms with Crippen molar-refractivity contribution in [1.82, 2.24) is 10.3 Å². The lowest BCUT2D eigenvalue weighted by Gasteiger charge is -2.56. The van der Waals surface area contributed by atoms with Crippen molar-refractivity contribution >= 4 is 45.0 Å². The van der Waals surface area contributed by atoms with Crippen LogP contribution in [0.1, 0.15) is 74.0 Å². The molecular weight excluding hydrogens is 603 g/mol. The molecular formula is C36H39N3O4S2. The molecule has 1 saturated heterocycles. The Kier molecular flexibility index (Phi) is 8.08. The molecule has 45 heavy (non-hydrogen) atoms. The lowest BCUT2D eigenvalue weighted by molar-refractivity contribution is -0.245. The minimum absolute atomic E-state index is 0.0138. The van der Waals surface area contributed by atoms with E-state index < -0.39 is 6.29 Å². The van der Waals surface area contributed by atoms with Gasteiger partial charge < -0.3 is 25.2 Å². The molecule has 3 unspecified atom stereocenters. The summed E-state index contributed by atoms with van der Waals surface area (Å²) < 4.78 is 15.3. The second-order valence-electron chi connectivity index (χ2n) is 13.5. The van der Waals surface area contributed by atoms with Crippen molar-refractivity contribution in [2.45, 2.75) is 79.9 Å². The summed E-state index contributed by atoms with van der Waals surface area (Å²) in [6.45, 7) is 0.0138. The zero-order valence-electron chi connectivity index (χ0n) is 25.2. The number of aromatic nitrogens is 1. The monoisotopic (exact) mass is 641 g/mol. The second kappa shape index (κ2) is 12.3. The minimum atomic E-state index is -0.544. The number of carbonyl (C=O) groups is 1. The molecule has 2 amide bonds. The van der Waals surface area contributed by atoms with Gasteiger partial charge in [0.2, 0.25) is 0 Å². The van der Waals surface area contributed by atoms with Gasteiger partial charge >= 0.3 is 6.03 Å². The molecule has 3 aromatic carbocycles. The first-order valence-electron chi connectivity index (χ1n) is 16.2. The van der Waals surface area contributed by atoms with Gasteiger partial charge in [-0.05, 0) is 91.7 Å². The topological polar surface area (TPSA) is 92.7 Å². The zero-order valence-corrected chi connectivity index (χ0v) is 26.8. The third-order valence-electron chi connectivity index (χ3n) is 10.1. The van der Waals surface area contributed by atoms with Gasteiger partial charge in [0.15, 0.2) is 10.6 Å². The number of thiazole rings is 1. The summed E-state index contributed by atoms with van der Waals surface area (Å²) >= 11 is 3.43. The maximum absolute atomic E-state index is 13.1. The molecule has 1 aliphatic heterocycles. The van der Waals surface area contributed by atoms with Crippen LogP contribution in [0.3, 0.4) is 0 Å². The fraction of sp³-hybridized carbons (Fsp3) is 0.444. The predicted octanol–water partition coefficient (Wildman–Crippen LogP) is 8.22. The van der Waals surface area contributed by atoms with E-state index in [-0.39, 0.29) is 30.4 Å². The van der Waals surface area contributed by atoms with Gasteiger partial charge in [0.1, 0.15) is 0 Å². The van der Waals surface area contributed by atoms with Gasteiger partial charge in [0, 0.05) is 29.0 Å². The Bertz CT molecular complexity index is 1590. The van der Waals surface area contributed by atoms with Crippen LogP contribution in [0.15, 0.2) is 77.1 Å². The Labute approximate surface area is 272 Å². The number of benzene rings is 3. The lowest BCUT2D eigenvalue weighted by atomic mass is 9.53. The molecule has 7 nitrogen and oxygen atoms in total. The number of amides is 2. The normalized spacial score (nSPS) is 30.4. The van der Waals surface area contributed by atoms with E-state index in [1.165, 1.54) is 24.0 Å². The average molecular weight is 642 g/mol. The molecule has 9 heteroatoms. The largest absolute Gasteiger partial charge is 0.392 e. The average Bonchev–Trinajstić information content (AvgIpc) is 3.46. The van der Waals surface area contributed by atoms with Crippen molar-refractivity contribution in [3.8, 4) is 0 Å². The number of rotatable bonds is 8. The number of carbonyl (C=O) groups excluding carboxylic acids is 1. The number of anilines is 1. The maximum Gasteiger partial charge on any atom is 0.319 e. The van der Waals surface area contributed by atoms with Gasteiger partial charge in [0.25, 0.3) is 0 Å². The van der Waals surface area contributed by atoms with E-state index in [2.05, 4.69) is 16.7 Å². The van der Waals surface area contributed by atoms with E-state index in [1.54, 1.807) is 23.1 Å². The molecule has 5 fully saturated rings. The second-order valence-corrected chi connectivity index (χ2v) is 15.8. The first kappa shape index (κ1) is 29.5. The Morgan fingerprint density at radius 2 is 1.58 bits per heavy atom. The lowest BCUT2D eigenvalue weighted by Crippen LogP contribution is -2.60. The fourth-order valence-corrected chi connectivity index (χ4v) is 10.6. The Hall–Kier alpha value is -2.95. The van der Waals surface area contributed by atoms with Crippen molar-refractivity contribution in [3.63, 3.8) is 0 Å². The summed E-state index contributed by atoms with van der Waals surface area (Å²) in [5, 5.41) is 16.0. The molecule has 9 rings (SSSR count). The molecule has 3 atom stereocenters. The van der Waals surface area contributed by atoms with Crippen LogP contribution in [0.5, 0.6) is 0 Å². The van der Waals surface area contributed by atoms with Gasteiger partial charge in [-0.25, -0.2) is 9.78 Å². The van der Waals surface area contributed by atoms with Crippen LogP contribution in [-0.2, 0) is 16.1 Å². The number of thioether (sulfide) groups is 1. The summed E-state index contributed by atoms with van der Waals surface area (Å²) in [5.74, 6) is 3.11. The highest BCUT2D eigenvalue weighted by Gasteiger charge is 2.51. The highest BCUT2D eigenvalue weighted by Crippen LogP contribution is 2.55. The van der Waals surface area contributed by atoms with Crippen LogP contribution in [0.25, 0.3) is 10.2 Å². The molecule has 3 N–H and O–H groups in total. The van der Waals surface area contributed by atoms with Gasteiger partial charge in [0.05, 0.1) is 29.0 Å². The SMILES string of the molecule is O=C(Nc1ccc(C2OC(CSc3nc4ccccc4s3)CC(c3ccc(CO)cc3)O2)cc1)NC12CC3CC(CC(C3)C1)C2. The number of urea groups is 1. The Balaban J connectivity index is 0.947. The molecule has 2 heterocycles. The number of nitrogens with zero attached hydrogens (tertiary/aromatic N) is 1. The summed E-state index contributed by atoms with van der Waals surface area (Å²) in [4.78, 5) is 17.9. The van der Waals surface area contributed by atoms with E-state index >= 15 is 0 Å². The van der Waals surface area contributed by atoms with E-state index in [1.807, 2.05) is 66.7 Å². The van der Waals surface area contributed by atoms with Crippen LogP contribution in [0, 0.1) is 17.8 Å². The quantitative estimate of drug-likeness (QED) is 0.168. The van der Waals surface area contributed by atoms with E-state index in [9.17, 15) is 9.90 Å². The van der Waals surface area contributed by atoms with E-state index in [4.69, 9.17) is 14.5 Å². The number of hydrogen-bond acceptors (Lipinski definition) is 7. The highest BCUT2D eigenvalue weighted by molar-refractivity contribution is 8.01. The molecule has 4 bridgehead atoms. The summed E-state index contributed by atoms with van der Waals surface area (Å²) in [7, 11) is 0. The van der Waals surface area contributed by atoms with Crippen LogP contribution in [0.2, 0.25) is 0 Å². The molecule has 5 aliphatic rings. The zero-order chi connectivity index (χ0) is 30.4. The summed E-state index contributed by atoms with van der Waals surface area (Å²) in [6, 6.07) is 23.9. The van der Waals surface area contributed by atoms with Crippen LogP contribution in [-0.4, -0.2) is 33.5 Å². The standard InChI is InChI=1S/C36H39N3O4S2/c40-20-22-5-7-26(8-6-22)31-16-29(21-44-35-38-30-3-1-2-4-32(30)45-35)42-33(43-31)27-9-11-28(12-10-27)37-34(41)39-36-17-23-13-24(18-36)15-25(14-23)19-36/h1-12,23-25,29,31,33,40H,13-21H2,(H2,37,39,41). The maximum atomic E-state index is 13.1. The first-order chi connectivity index (χ1) is 22.0. The number of aliphatic hydroxyl groups excluding tert-OH is 1. The number of para-hydroxylation sites is 1. The molecule has 0 radical (unpaired) electrons. The van der Waals surface area contributed by atoms with Crippen molar-refractivity contribution in [2.75, 3.05) is 11.1 Å². The van der Waals surface area contributed by atoms with Crippen molar-refractivity contribution in [2.24, 2.45) is 17.8 Å². The van der Waals surface area contributed by atoms with E-state index in [0.717, 1.165) is 81.4 Å². The number of ether oxygens (including phenoxy) is 2. The smallest absolute Gasteiger partial charge is 0.319 e. The van der Waals surface area contributed by atoms with Gasteiger partial charge in [-0.3, -0.25) is 0 Å². The van der Waals surface area contributed by atoms with E-state index in [0.29, 0.717) is 0 Å². The van der Waals surface area contributed by atoms with Crippen molar-refractivity contribution in [1.29, 1.82) is 0 Å². The van der Waals surface area contributed by atoms with Crippen LogP contribution in [0.4, 0.5) is 10.5 Å². The van der Waals surface area contributed by atoms with Crippen LogP contribution >= 0.6 is 23.1 Å². The molecule has 4 saturated carbocycles. The van der Waals surface area contributed by atoms with Gasteiger partial charge in [-0.2, -0.15) is 0 Å². The first-order valence-corrected chi connectivity index (χ1v) is 18.0. The third kappa shape index (κ3) is 6.38. The molecule has 1 aromatic heterocycles. The molecule has 4 aromatic rings. The predicted molar refractivity (Wildman–Crippen MR) is 178 cm³/mol. The van der Waals surface area contributed by atoms with Crippen molar-refractivity contribution < 1.29 is 19.4 Å². The highest BCUT2D eigenvalue weighted by atomic mass is 32.2. The molecule has 0 spiro atoms. The summed E-state index contributed by atoms with van der Waals surface area (Å²) in [6.07, 6.45) is 7.42. The number of nitrogens with one attached hydrogen (secondary N) is 2.